The minimum Gasteiger partial charge on any atom is -0.326 e. The molecule has 0 radical (unpaired) electrons. The molecule has 1 amide bonds. The van der Waals surface area contributed by atoms with Crippen LogP contribution in [0.4, 0.5) is 5.69 Å². The first kappa shape index (κ1) is 18.7. The third-order valence-corrected chi connectivity index (χ3v) is 4.79. The molecule has 0 fully saturated rings. The Balaban J connectivity index is 1.94. The molecule has 2 N–H and O–H groups in total. The lowest BCUT2D eigenvalue weighted by Gasteiger charge is -2.17. The fourth-order valence-corrected chi connectivity index (χ4v) is 3.01. The van der Waals surface area contributed by atoms with Gasteiger partial charge < -0.3 is 10.2 Å². The van der Waals surface area contributed by atoms with Gasteiger partial charge in [-0.15, -0.1) is 0 Å². The minimum absolute atomic E-state index is 0.0559. The highest BCUT2D eigenvalue weighted by atomic mass is 79.9. The molecule has 0 aliphatic heterocycles. The highest BCUT2D eigenvalue weighted by molar-refractivity contribution is 9.10. The summed E-state index contributed by atoms with van der Waals surface area (Å²) in [6.07, 6.45) is 1.06. The quantitative estimate of drug-likeness (QED) is 0.744. The van der Waals surface area contributed by atoms with Crippen LogP contribution in [0.3, 0.4) is 0 Å². The van der Waals surface area contributed by atoms with Crippen LogP contribution in [-0.4, -0.2) is 19.5 Å². The van der Waals surface area contributed by atoms with Gasteiger partial charge in [0.25, 0.3) is 5.91 Å². The Morgan fingerprint density at radius 2 is 1.83 bits per heavy atom. The lowest BCUT2D eigenvalue weighted by molar-refractivity contribution is -0.885. The molecule has 2 rings (SSSR count). The summed E-state index contributed by atoms with van der Waals surface area (Å²) in [5.41, 5.74) is 3.37. The summed E-state index contributed by atoms with van der Waals surface area (Å²) >= 11 is 3.44. The second-order valence-electron chi connectivity index (χ2n) is 6.38. The van der Waals surface area contributed by atoms with Gasteiger partial charge in [0.15, 0.2) is 6.54 Å². The Bertz CT molecular complexity index is 670. The van der Waals surface area contributed by atoms with Crippen LogP contribution in [-0.2, 0) is 11.3 Å². The average Bonchev–Trinajstić information content (AvgIpc) is 2.56. The van der Waals surface area contributed by atoms with Gasteiger partial charge in [-0.25, -0.2) is 0 Å². The molecule has 0 saturated heterocycles. The van der Waals surface area contributed by atoms with Gasteiger partial charge in [0.2, 0.25) is 0 Å². The number of nitrogens with one attached hydrogen (secondary N) is 2. The van der Waals surface area contributed by atoms with Crippen LogP contribution in [0.25, 0.3) is 0 Å². The number of para-hydroxylation sites is 1. The first-order valence-corrected chi connectivity index (χ1v) is 9.23. The maximum absolute atomic E-state index is 12.4. The summed E-state index contributed by atoms with van der Waals surface area (Å²) in [4.78, 5) is 13.6. The number of benzene rings is 2. The van der Waals surface area contributed by atoms with E-state index in [0.29, 0.717) is 12.5 Å². The van der Waals surface area contributed by atoms with E-state index in [4.69, 9.17) is 0 Å². The molecule has 128 valence electrons. The van der Waals surface area contributed by atoms with Crippen molar-refractivity contribution in [2.45, 2.75) is 32.7 Å². The van der Waals surface area contributed by atoms with Crippen LogP contribution in [0.5, 0.6) is 0 Å². The minimum atomic E-state index is 0.0559. The SMILES string of the molecule is CC[C@H](C)c1ccccc1NC(=O)C[NH+](C)Cc1ccc(Br)cc1. The van der Waals surface area contributed by atoms with Crippen molar-refractivity contribution in [3.05, 3.63) is 64.1 Å². The van der Waals surface area contributed by atoms with Gasteiger partial charge in [0.05, 0.1) is 7.05 Å². The molecule has 4 heteroatoms. The van der Waals surface area contributed by atoms with E-state index >= 15 is 0 Å². The summed E-state index contributed by atoms with van der Waals surface area (Å²) < 4.78 is 1.07. The highest BCUT2D eigenvalue weighted by Gasteiger charge is 2.14. The predicted molar refractivity (Wildman–Crippen MR) is 103 cm³/mol. The molecule has 2 aromatic rings. The van der Waals surface area contributed by atoms with Gasteiger partial charge in [-0.2, -0.15) is 0 Å². The van der Waals surface area contributed by atoms with Crippen LogP contribution >= 0.6 is 15.9 Å². The Hall–Kier alpha value is -1.65. The van der Waals surface area contributed by atoms with Crippen molar-refractivity contribution in [2.75, 3.05) is 18.9 Å². The standard InChI is InChI=1S/C20H25BrN2O/c1-4-15(2)18-7-5-6-8-19(18)22-20(24)14-23(3)13-16-9-11-17(21)12-10-16/h5-12,15H,4,13-14H2,1-3H3,(H,22,24)/p+1/t15-/m0/s1. The summed E-state index contributed by atoms with van der Waals surface area (Å²) in [5.74, 6) is 0.495. The molecule has 0 aromatic heterocycles. The fourth-order valence-electron chi connectivity index (χ4n) is 2.74. The molecular weight excluding hydrogens is 364 g/mol. The number of amides is 1. The van der Waals surface area contributed by atoms with Gasteiger partial charge in [0, 0.05) is 15.7 Å². The molecule has 0 bridgehead atoms. The van der Waals surface area contributed by atoms with Gasteiger partial charge in [-0.05, 0) is 36.1 Å². The van der Waals surface area contributed by atoms with Gasteiger partial charge in [-0.3, -0.25) is 4.79 Å². The lowest BCUT2D eigenvalue weighted by atomic mass is 9.97. The van der Waals surface area contributed by atoms with Crippen molar-refractivity contribution < 1.29 is 9.69 Å². The summed E-state index contributed by atoms with van der Waals surface area (Å²) in [6.45, 7) is 5.63. The van der Waals surface area contributed by atoms with E-state index in [2.05, 4.69) is 53.3 Å². The van der Waals surface area contributed by atoms with Crippen molar-refractivity contribution in [3.8, 4) is 0 Å². The molecule has 0 heterocycles. The maximum atomic E-state index is 12.4. The Morgan fingerprint density at radius 3 is 2.50 bits per heavy atom. The monoisotopic (exact) mass is 389 g/mol. The predicted octanol–water partition coefficient (Wildman–Crippen LogP) is 3.62. The van der Waals surface area contributed by atoms with E-state index in [1.807, 2.05) is 37.4 Å². The van der Waals surface area contributed by atoms with E-state index < -0.39 is 0 Å². The molecule has 0 spiro atoms. The number of quaternary nitrogens is 1. The van der Waals surface area contributed by atoms with Crippen LogP contribution in [0.15, 0.2) is 53.0 Å². The zero-order valence-electron chi connectivity index (χ0n) is 14.6. The number of likely N-dealkylation sites (N-methyl/N-ethyl adjacent to an activating group) is 1. The van der Waals surface area contributed by atoms with Gasteiger partial charge >= 0.3 is 0 Å². The third kappa shape index (κ3) is 5.46. The molecule has 0 aliphatic carbocycles. The Labute approximate surface area is 153 Å². The molecule has 0 aliphatic rings. The topological polar surface area (TPSA) is 33.5 Å². The Morgan fingerprint density at radius 1 is 1.17 bits per heavy atom. The van der Waals surface area contributed by atoms with Crippen LogP contribution in [0, 0.1) is 0 Å². The summed E-state index contributed by atoms with van der Waals surface area (Å²) in [6, 6.07) is 16.3. The molecule has 2 aromatic carbocycles. The maximum Gasteiger partial charge on any atom is 0.279 e. The number of carbonyl (C=O) groups excluding carboxylic acids is 1. The number of carbonyl (C=O) groups is 1. The number of halogens is 1. The average molecular weight is 390 g/mol. The zero-order valence-corrected chi connectivity index (χ0v) is 16.2. The molecule has 2 atom stereocenters. The highest BCUT2D eigenvalue weighted by Crippen LogP contribution is 2.26. The van der Waals surface area contributed by atoms with E-state index in [1.54, 1.807) is 0 Å². The fraction of sp³-hybridized carbons (Fsp3) is 0.350. The number of hydrogen-bond donors (Lipinski definition) is 2. The van der Waals surface area contributed by atoms with Crippen LogP contribution in [0.2, 0.25) is 0 Å². The molecule has 24 heavy (non-hydrogen) atoms. The number of rotatable bonds is 7. The first-order chi connectivity index (χ1) is 11.5. The van der Waals surface area contributed by atoms with Crippen LogP contribution in [0.1, 0.15) is 37.3 Å². The lowest BCUT2D eigenvalue weighted by Crippen LogP contribution is -3.08. The van der Waals surface area contributed by atoms with Gasteiger partial charge in [-0.1, -0.05) is 60.1 Å². The van der Waals surface area contributed by atoms with Gasteiger partial charge in [0.1, 0.15) is 6.54 Å². The van der Waals surface area contributed by atoms with Crippen LogP contribution < -0.4 is 10.2 Å². The van der Waals surface area contributed by atoms with E-state index in [0.717, 1.165) is 28.0 Å². The van der Waals surface area contributed by atoms with E-state index in [9.17, 15) is 4.79 Å². The second-order valence-corrected chi connectivity index (χ2v) is 7.30. The number of hydrogen-bond acceptors (Lipinski definition) is 1. The summed E-state index contributed by atoms with van der Waals surface area (Å²) in [5, 5.41) is 3.08. The third-order valence-electron chi connectivity index (χ3n) is 4.26. The Kier molecular flexibility index (Phi) is 7.00. The second kappa shape index (κ2) is 9.00. The van der Waals surface area contributed by atoms with Crippen molar-refractivity contribution in [2.24, 2.45) is 0 Å². The first-order valence-electron chi connectivity index (χ1n) is 8.44. The van der Waals surface area contributed by atoms with Crippen molar-refractivity contribution >= 4 is 27.5 Å². The van der Waals surface area contributed by atoms with E-state index in [1.165, 1.54) is 11.1 Å². The normalized spacial score (nSPS) is 13.3. The molecule has 1 unspecified atom stereocenters. The molecule has 0 saturated carbocycles. The zero-order chi connectivity index (χ0) is 17.5. The summed E-state index contributed by atoms with van der Waals surface area (Å²) in [7, 11) is 2.04. The van der Waals surface area contributed by atoms with Crippen molar-refractivity contribution in [1.82, 2.24) is 0 Å². The number of anilines is 1. The smallest absolute Gasteiger partial charge is 0.279 e. The van der Waals surface area contributed by atoms with Crippen molar-refractivity contribution in [3.63, 3.8) is 0 Å². The largest absolute Gasteiger partial charge is 0.326 e. The van der Waals surface area contributed by atoms with E-state index in [-0.39, 0.29) is 5.91 Å². The van der Waals surface area contributed by atoms with Crippen molar-refractivity contribution in [1.29, 1.82) is 0 Å². The molecular formula is C20H26BrN2O+. The molecule has 3 nitrogen and oxygen atoms in total.